The Morgan fingerprint density at radius 1 is 1.24 bits per heavy atom. The van der Waals surface area contributed by atoms with Crippen molar-refractivity contribution in [1.29, 1.82) is 0 Å². The monoisotopic (exact) mass is 355 g/mol. The number of Topliss-reactive ketones (excluding diaryl/α,β-unsaturated/α-hetero) is 1. The molecule has 0 aromatic rings. The predicted molar refractivity (Wildman–Crippen MR) is 96.8 cm³/mol. The molecule has 144 valence electrons. The molecule has 0 heterocycles. The zero-order valence-corrected chi connectivity index (χ0v) is 16.2. The summed E-state index contributed by atoms with van der Waals surface area (Å²) in [5, 5.41) is 0. The first-order chi connectivity index (χ1) is 11.5. The third kappa shape index (κ3) is 10.0. The van der Waals surface area contributed by atoms with Gasteiger partial charge in [0.15, 0.2) is 0 Å². The van der Waals surface area contributed by atoms with Gasteiger partial charge < -0.3 is 15.2 Å². The lowest BCUT2D eigenvalue weighted by Gasteiger charge is -2.22. The number of esters is 2. The van der Waals surface area contributed by atoms with Gasteiger partial charge in [0.2, 0.25) is 0 Å². The maximum absolute atomic E-state index is 12.3. The Labute approximate surface area is 151 Å². The second-order valence-electron chi connectivity index (χ2n) is 7.31. The molecule has 0 radical (unpaired) electrons. The van der Waals surface area contributed by atoms with Gasteiger partial charge in [-0.25, -0.2) is 0 Å². The standard InChI is InChI=1S/C19H33NO5/c1-7-11-24-18(23)14(13(3)8-2)12-16(21)15(20)9-10-17(22)25-19(4,5)6/h7,13-15H,1,8-12,20H2,2-6H3/t13?,14-,15+/m1/s1. The second-order valence-corrected chi connectivity index (χ2v) is 7.31. The quantitative estimate of drug-likeness (QED) is 0.452. The third-order valence-electron chi connectivity index (χ3n) is 3.89. The van der Waals surface area contributed by atoms with Crippen LogP contribution in [0.3, 0.4) is 0 Å². The average molecular weight is 355 g/mol. The van der Waals surface area contributed by atoms with Crippen molar-refractivity contribution in [3.63, 3.8) is 0 Å². The van der Waals surface area contributed by atoms with E-state index in [9.17, 15) is 14.4 Å². The molecule has 0 spiro atoms. The van der Waals surface area contributed by atoms with Gasteiger partial charge in [0, 0.05) is 12.8 Å². The van der Waals surface area contributed by atoms with Crippen LogP contribution in [-0.2, 0) is 23.9 Å². The van der Waals surface area contributed by atoms with Crippen LogP contribution in [0.1, 0.15) is 60.3 Å². The average Bonchev–Trinajstić information content (AvgIpc) is 2.52. The minimum atomic E-state index is -0.800. The summed E-state index contributed by atoms with van der Waals surface area (Å²) in [6, 6.07) is -0.800. The van der Waals surface area contributed by atoms with Crippen LogP contribution < -0.4 is 5.73 Å². The Bertz CT molecular complexity index is 467. The van der Waals surface area contributed by atoms with Gasteiger partial charge >= 0.3 is 11.9 Å². The summed E-state index contributed by atoms with van der Waals surface area (Å²) >= 11 is 0. The molecule has 2 N–H and O–H groups in total. The molecule has 6 heteroatoms. The molecule has 0 aliphatic carbocycles. The normalized spacial score (nSPS) is 15.0. The molecule has 0 rings (SSSR count). The van der Waals surface area contributed by atoms with Gasteiger partial charge in [-0.1, -0.05) is 32.9 Å². The zero-order valence-electron chi connectivity index (χ0n) is 16.2. The molecule has 0 aromatic heterocycles. The Morgan fingerprint density at radius 2 is 1.84 bits per heavy atom. The van der Waals surface area contributed by atoms with Crippen LogP contribution in [0.2, 0.25) is 0 Å². The maximum Gasteiger partial charge on any atom is 0.309 e. The lowest BCUT2D eigenvalue weighted by molar-refractivity contribution is -0.155. The molecule has 1 unspecified atom stereocenters. The second kappa shape index (κ2) is 11.0. The summed E-state index contributed by atoms with van der Waals surface area (Å²) in [5.74, 6) is -1.59. The summed E-state index contributed by atoms with van der Waals surface area (Å²) in [6.07, 6.45) is 2.51. The van der Waals surface area contributed by atoms with Crippen molar-refractivity contribution in [2.75, 3.05) is 6.61 Å². The van der Waals surface area contributed by atoms with Gasteiger partial charge in [-0.2, -0.15) is 0 Å². The SMILES string of the molecule is C=CCOC(=O)[C@H](CC(=O)[C@@H](N)CCC(=O)OC(C)(C)C)C(C)CC. The summed E-state index contributed by atoms with van der Waals surface area (Å²) in [7, 11) is 0. The molecule has 0 aliphatic heterocycles. The van der Waals surface area contributed by atoms with Gasteiger partial charge in [0.1, 0.15) is 18.0 Å². The number of ketones is 1. The first-order valence-corrected chi connectivity index (χ1v) is 8.79. The summed E-state index contributed by atoms with van der Waals surface area (Å²) in [6.45, 7) is 12.8. The zero-order chi connectivity index (χ0) is 19.6. The van der Waals surface area contributed by atoms with Crippen molar-refractivity contribution < 1.29 is 23.9 Å². The van der Waals surface area contributed by atoms with Crippen molar-refractivity contribution in [2.45, 2.75) is 71.9 Å². The highest BCUT2D eigenvalue weighted by Crippen LogP contribution is 2.22. The van der Waals surface area contributed by atoms with E-state index in [0.29, 0.717) is 0 Å². The summed E-state index contributed by atoms with van der Waals surface area (Å²) < 4.78 is 10.3. The Kier molecular flexibility index (Phi) is 10.3. The lowest BCUT2D eigenvalue weighted by Crippen LogP contribution is -2.36. The van der Waals surface area contributed by atoms with Crippen molar-refractivity contribution in [3.8, 4) is 0 Å². The Balaban J connectivity index is 4.64. The fourth-order valence-electron chi connectivity index (χ4n) is 2.24. The van der Waals surface area contributed by atoms with Crippen LogP contribution in [-0.4, -0.2) is 36.0 Å². The third-order valence-corrected chi connectivity index (χ3v) is 3.89. The minimum absolute atomic E-state index is 0.000629. The topological polar surface area (TPSA) is 95.7 Å². The van der Waals surface area contributed by atoms with Crippen LogP contribution in [0.5, 0.6) is 0 Å². The van der Waals surface area contributed by atoms with Crippen molar-refractivity contribution in [1.82, 2.24) is 0 Å². The van der Waals surface area contributed by atoms with Crippen molar-refractivity contribution in [3.05, 3.63) is 12.7 Å². The smallest absolute Gasteiger partial charge is 0.309 e. The highest BCUT2D eigenvalue weighted by Gasteiger charge is 2.30. The van der Waals surface area contributed by atoms with E-state index in [2.05, 4.69) is 6.58 Å². The predicted octanol–water partition coefficient (Wildman–Crippen LogP) is 2.79. The van der Waals surface area contributed by atoms with E-state index < -0.39 is 23.5 Å². The van der Waals surface area contributed by atoms with E-state index >= 15 is 0 Å². The number of hydrogen-bond donors (Lipinski definition) is 1. The van der Waals surface area contributed by atoms with Crippen LogP contribution in [0.25, 0.3) is 0 Å². The molecule has 25 heavy (non-hydrogen) atoms. The van der Waals surface area contributed by atoms with Gasteiger partial charge in [-0.15, -0.1) is 0 Å². The lowest BCUT2D eigenvalue weighted by atomic mass is 9.85. The Morgan fingerprint density at radius 3 is 2.32 bits per heavy atom. The van der Waals surface area contributed by atoms with E-state index in [1.54, 1.807) is 20.8 Å². The van der Waals surface area contributed by atoms with Crippen molar-refractivity contribution in [2.24, 2.45) is 17.6 Å². The first kappa shape index (κ1) is 23.3. The van der Waals surface area contributed by atoms with E-state index in [1.165, 1.54) is 6.08 Å². The molecule has 6 nitrogen and oxygen atoms in total. The molecule has 0 aromatic carbocycles. The molecule has 0 saturated carbocycles. The molecule has 3 atom stereocenters. The number of hydrogen-bond acceptors (Lipinski definition) is 6. The number of ether oxygens (including phenoxy) is 2. The fraction of sp³-hybridized carbons (Fsp3) is 0.737. The molecular weight excluding hydrogens is 322 g/mol. The maximum atomic E-state index is 12.3. The number of nitrogens with two attached hydrogens (primary N) is 1. The molecule has 0 bridgehead atoms. The van der Waals surface area contributed by atoms with E-state index in [1.807, 2.05) is 13.8 Å². The van der Waals surface area contributed by atoms with Gasteiger partial charge in [0.25, 0.3) is 0 Å². The highest BCUT2D eigenvalue weighted by molar-refractivity contribution is 5.88. The molecule has 0 aliphatic rings. The fourth-order valence-corrected chi connectivity index (χ4v) is 2.24. The van der Waals surface area contributed by atoms with Crippen LogP contribution in [0.15, 0.2) is 12.7 Å². The van der Waals surface area contributed by atoms with Crippen LogP contribution in [0, 0.1) is 11.8 Å². The van der Waals surface area contributed by atoms with Gasteiger partial charge in [-0.3, -0.25) is 14.4 Å². The summed E-state index contributed by atoms with van der Waals surface area (Å²) in [5.41, 5.74) is 5.33. The number of carbonyl (C=O) groups excluding carboxylic acids is 3. The summed E-state index contributed by atoms with van der Waals surface area (Å²) in [4.78, 5) is 36.2. The van der Waals surface area contributed by atoms with E-state index in [4.69, 9.17) is 15.2 Å². The molecule has 0 fully saturated rings. The highest BCUT2D eigenvalue weighted by atomic mass is 16.6. The van der Waals surface area contributed by atoms with Crippen LogP contribution in [0.4, 0.5) is 0 Å². The molecule has 0 saturated heterocycles. The van der Waals surface area contributed by atoms with E-state index in [0.717, 1.165) is 6.42 Å². The number of carbonyl (C=O) groups is 3. The molecule has 0 amide bonds. The number of rotatable bonds is 11. The van der Waals surface area contributed by atoms with E-state index in [-0.39, 0.29) is 43.5 Å². The van der Waals surface area contributed by atoms with Gasteiger partial charge in [0.05, 0.1) is 12.0 Å². The Hall–Kier alpha value is -1.69. The van der Waals surface area contributed by atoms with Crippen molar-refractivity contribution >= 4 is 17.7 Å². The van der Waals surface area contributed by atoms with Gasteiger partial charge in [-0.05, 0) is 33.1 Å². The largest absolute Gasteiger partial charge is 0.461 e. The molecular formula is C19H33NO5. The first-order valence-electron chi connectivity index (χ1n) is 8.79. The van der Waals surface area contributed by atoms with Crippen LogP contribution >= 0.6 is 0 Å². The minimum Gasteiger partial charge on any atom is -0.461 e.